The van der Waals surface area contributed by atoms with Crippen molar-refractivity contribution in [1.29, 1.82) is 0 Å². The first-order valence-electron chi connectivity index (χ1n) is 5.30. The van der Waals surface area contributed by atoms with E-state index in [9.17, 15) is 4.39 Å². The van der Waals surface area contributed by atoms with Crippen LogP contribution in [-0.2, 0) is 0 Å². The fraction of sp³-hybridized carbons (Fsp3) is 0.455. The Kier molecular flexibility index (Phi) is 2.84. The molecular formula is C11H15ClFN3. The van der Waals surface area contributed by atoms with E-state index >= 15 is 0 Å². The SMILES string of the molecule is CC(Nc1c(N)cc(N)c(Cl)c1F)C1CC1. The maximum Gasteiger partial charge on any atom is 0.169 e. The van der Waals surface area contributed by atoms with Gasteiger partial charge in [0.15, 0.2) is 5.82 Å². The Labute approximate surface area is 98.9 Å². The van der Waals surface area contributed by atoms with Crippen molar-refractivity contribution in [3.63, 3.8) is 0 Å². The molecule has 0 aliphatic heterocycles. The van der Waals surface area contributed by atoms with Gasteiger partial charge in [-0.25, -0.2) is 4.39 Å². The van der Waals surface area contributed by atoms with Crippen LogP contribution < -0.4 is 16.8 Å². The summed E-state index contributed by atoms with van der Waals surface area (Å²) in [6.45, 7) is 2.01. The lowest BCUT2D eigenvalue weighted by atomic mass is 10.1. The topological polar surface area (TPSA) is 64.1 Å². The first kappa shape index (κ1) is 11.3. The molecular weight excluding hydrogens is 229 g/mol. The van der Waals surface area contributed by atoms with E-state index in [4.69, 9.17) is 23.1 Å². The standard InChI is InChI=1S/C11H15ClFN3/c1-5(6-2-3-6)16-11-8(15)4-7(14)9(12)10(11)13/h4-6,16H,2-3,14-15H2,1H3. The van der Waals surface area contributed by atoms with Crippen LogP contribution in [-0.4, -0.2) is 6.04 Å². The summed E-state index contributed by atoms with van der Waals surface area (Å²) in [6, 6.07) is 1.68. The van der Waals surface area contributed by atoms with Crippen LogP contribution in [0.5, 0.6) is 0 Å². The second-order valence-corrected chi connectivity index (χ2v) is 4.71. The Bertz CT molecular complexity index is 418. The Morgan fingerprint density at radius 1 is 1.44 bits per heavy atom. The van der Waals surface area contributed by atoms with Gasteiger partial charge in [0.1, 0.15) is 5.02 Å². The minimum Gasteiger partial charge on any atom is -0.397 e. The summed E-state index contributed by atoms with van der Waals surface area (Å²) in [5, 5.41) is 3.00. The fourth-order valence-electron chi connectivity index (χ4n) is 1.75. The van der Waals surface area contributed by atoms with Crippen LogP contribution in [0.4, 0.5) is 21.5 Å². The third kappa shape index (κ3) is 2.02. The molecule has 1 fully saturated rings. The van der Waals surface area contributed by atoms with Gasteiger partial charge in [0.25, 0.3) is 0 Å². The lowest BCUT2D eigenvalue weighted by molar-refractivity contribution is 0.621. The van der Waals surface area contributed by atoms with Gasteiger partial charge >= 0.3 is 0 Å². The molecule has 0 aromatic heterocycles. The number of rotatable bonds is 3. The molecule has 0 bridgehead atoms. The quantitative estimate of drug-likeness (QED) is 0.716. The van der Waals surface area contributed by atoms with Crippen LogP contribution in [0, 0.1) is 11.7 Å². The molecule has 1 aromatic rings. The van der Waals surface area contributed by atoms with Crippen molar-refractivity contribution >= 4 is 28.7 Å². The van der Waals surface area contributed by atoms with Crippen molar-refractivity contribution in [1.82, 2.24) is 0 Å². The van der Waals surface area contributed by atoms with Crippen LogP contribution in [0.1, 0.15) is 19.8 Å². The maximum absolute atomic E-state index is 13.8. The molecule has 1 aliphatic rings. The number of nitrogens with one attached hydrogen (secondary N) is 1. The van der Waals surface area contributed by atoms with E-state index in [2.05, 4.69) is 5.32 Å². The molecule has 2 rings (SSSR count). The summed E-state index contributed by atoms with van der Waals surface area (Å²) in [7, 11) is 0. The van der Waals surface area contributed by atoms with Gasteiger partial charge in [0.2, 0.25) is 0 Å². The highest BCUT2D eigenvalue weighted by molar-refractivity contribution is 6.33. The third-order valence-electron chi connectivity index (χ3n) is 2.97. The minimum atomic E-state index is -0.563. The summed E-state index contributed by atoms with van der Waals surface area (Å²) >= 11 is 5.74. The highest BCUT2D eigenvalue weighted by atomic mass is 35.5. The Balaban J connectivity index is 2.28. The van der Waals surface area contributed by atoms with Crippen LogP contribution in [0.3, 0.4) is 0 Å². The molecule has 88 valence electrons. The Hall–Kier alpha value is -1.16. The summed E-state index contributed by atoms with van der Waals surface area (Å²) < 4.78 is 13.8. The molecule has 0 radical (unpaired) electrons. The minimum absolute atomic E-state index is 0.0697. The van der Waals surface area contributed by atoms with Crippen molar-refractivity contribution in [2.75, 3.05) is 16.8 Å². The number of anilines is 3. The second kappa shape index (κ2) is 4.01. The van der Waals surface area contributed by atoms with Crippen LogP contribution in [0.2, 0.25) is 5.02 Å². The lowest BCUT2D eigenvalue weighted by Gasteiger charge is -2.18. The van der Waals surface area contributed by atoms with E-state index in [-0.39, 0.29) is 22.4 Å². The van der Waals surface area contributed by atoms with Crippen molar-refractivity contribution in [3.8, 4) is 0 Å². The van der Waals surface area contributed by atoms with Gasteiger partial charge in [0, 0.05) is 6.04 Å². The van der Waals surface area contributed by atoms with Gasteiger partial charge in [-0.05, 0) is 31.7 Å². The van der Waals surface area contributed by atoms with Gasteiger partial charge < -0.3 is 16.8 Å². The van der Waals surface area contributed by atoms with Crippen molar-refractivity contribution in [3.05, 3.63) is 16.9 Å². The molecule has 0 saturated heterocycles. The largest absolute Gasteiger partial charge is 0.397 e. The molecule has 5 heteroatoms. The smallest absolute Gasteiger partial charge is 0.169 e. The number of nitrogen functional groups attached to an aromatic ring is 2. The number of halogens is 2. The van der Waals surface area contributed by atoms with Gasteiger partial charge in [-0.1, -0.05) is 11.6 Å². The van der Waals surface area contributed by atoms with Crippen LogP contribution in [0.15, 0.2) is 6.07 Å². The zero-order chi connectivity index (χ0) is 11.9. The molecule has 5 N–H and O–H groups in total. The molecule has 1 atom stereocenters. The Morgan fingerprint density at radius 2 is 2.06 bits per heavy atom. The van der Waals surface area contributed by atoms with E-state index in [0.29, 0.717) is 11.6 Å². The van der Waals surface area contributed by atoms with E-state index in [1.54, 1.807) is 0 Å². The zero-order valence-corrected chi connectivity index (χ0v) is 9.81. The van der Waals surface area contributed by atoms with Crippen molar-refractivity contribution < 1.29 is 4.39 Å². The molecule has 1 aliphatic carbocycles. The summed E-state index contributed by atoms with van der Waals surface area (Å²) in [5.74, 6) is 0.0433. The van der Waals surface area contributed by atoms with Gasteiger partial charge in [-0.2, -0.15) is 0 Å². The average Bonchev–Trinajstić information content (AvgIpc) is 3.04. The molecule has 3 nitrogen and oxygen atoms in total. The predicted molar refractivity (Wildman–Crippen MR) is 66.0 cm³/mol. The van der Waals surface area contributed by atoms with Gasteiger partial charge in [-0.3, -0.25) is 0 Å². The monoisotopic (exact) mass is 243 g/mol. The average molecular weight is 244 g/mol. The molecule has 16 heavy (non-hydrogen) atoms. The molecule has 0 heterocycles. The summed E-state index contributed by atoms with van der Waals surface area (Å²) in [6.07, 6.45) is 2.36. The van der Waals surface area contributed by atoms with E-state index in [1.807, 2.05) is 6.92 Å². The second-order valence-electron chi connectivity index (χ2n) is 4.33. The summed E-state index contributed by atoms with van der Waals surface area (Å²) in [5.41, 5.74) is 12.0. The predicted octanol–water partition coefficient (Wildman–Crippen LogP) is 2.85. The van der Waals surface area contributed by atoms with Gasteiger partial charge in [0.05, 0.1) is 17.1 Å². The molecule has 0 spiro atoms. The summed E-state index contributed by atoms with van der Waals surface area (Å²) in [4.78, 5) is 0. The molecule has 0 amide bonds. The highest BCUT2D eigenvalue weighted by Crippen LogP contribution is 2.38. The first-order valence-corrected chi connectivity index (χ1v) is 5.68. The van der Waals surface area contributed by atoms with E-state index < -0.39 is 5.82 Å². The first-order chi connectivity index (χ1) is 7.50. The normalized spacial score (nSPS) is 17.2. The number of nitrogens with two attached hydrogens (primary N) is 2. The molecule has 1 unspecified atom stereocenters. The van der Waals surface area contributed by atoms with E-state index in [1.165, 1.54) is 18.9 Å². The zero-order valence-electron chi connectivity index (χ0n) is 9.06. The number of hydrogen-bond donors (Lipinski definition) is 3. The highest BCUT2D eigenvalue weighted by Gasteiger charge is 2.29. The molecule has 1 aromatic carbocycles. The Morgan fingerprint density at radius 3 is 2.62 bits per heavy atom. The lowest BCUT2D eigenvalue weighted by Crippen LogP contribution is -2.19. The molecule has 1 saturated carbocycles. The van der Waals surface area contributed by atoms with Crippen LogP contribution in [0.25, 0.3) is 0 Å². The van der Waals surface area contributed by atoms with Crippen molar-refractivity contribution in [2.24, 2.45) is 5.92 Å². The van der Waals surface area contributed by atoms with E-state index in [0.717, 1.165) is 0 Å². The number of benzene rings is 1. The number of hydrogen-bond acceptors (Lipinski definition) is 3. The third-order valence-corrected chi connectivity index (χ3v) is 3.35. The van der Waals surface area contributed by atoms with Crippen molar-refractivity contribution in [2.45, 2.75) is 25.8 Å². The van der Waals surface area contributed by atoms with Crippen LogP contribution >= 0.6 is 11.6 Å². The maximum atomic E-state index is 13.8. The van der Waals surface area contributed by atoms with Gasteiger partial charge in [-0.15, -0.1) is 0 Å². The fourth-order valence-corrected chi connectivity index (χ4v) is 1.90.